The van der Waals surface area contributed by atoms with Crippen LogP contribution in [0.4, 0.5) is 0 Å². The van der Waals surface area contributed by atoms with Crippen LogP contribution in [0.25, 0.3) is 22.2 Å². The number of rotatable bonds is 4. The second kappa shape index (κ2) is 7.12. The van der Waals surface area contributed by atoms with E-state index in [1.54, 1.807) is 0 Å². The van der Waals surface area contributed by atoms with Gasteiger partial charge in [-0.05, 0) is 24.1 Å². The Balaban J connectivity index is 2.03. The van der Waals surface area contributed by atoms with Crippen LogP contribution in [0.3, 0.4) is 0 Å². The molecule has 0 atom stereocenters. The Kier molecular flexibility index (Phi) is 4.51. The number of nitrogens with zero attached hydrogens (tertiary/aromatic N) is 1. The van der Waals surface area contributed by atoms with E-state index in [-0.39, 0.29) is 5.97 Å². The Labute approximate surface area is 158 Å². The van der Waals surface area contributed by atoms with Gasteiger partial charge in [0, 0.05) is 17.4 Å². The number of methoxy groups -OCH3 is 1. The number of hydrogen-bond acceptors (Lipinski definition) is 2. The van der Waals surface area contributed by atoms with Crippen molar-refractivity contribution in [1.82, 2.24) is 4.57 Å². The molecule has 0 bridgehead atoms. The molecule has 134 valence electrons. The molecule has 4 rings (SSSR count). The fourth-order valence-electron chi connectivity index (χ4n) is 3.55. The maximum absolute atomic E-state index is 12.7. The molecule has 0 aliphatic carbocycles. The summed E-state index contributed by atoms with van der Waals surface area (Å²) in [4.78, 5) is 12.7. The fraction of sp³-hybridized carbons (Fsp3) is 0.125. The van der Waals surface area contributed by atoms with E-state index in [9.17, 15) is 4.79 Å². The van der Waals surface area contributed by atoms with E-state index in [4.69, 9.17) is 4.74 Å². The minimum Gasteiger partial charge on any atom is -0.465 e. The van der Waals surface area contributed by atoms with Crippen molar-refractivity contribution in [2.45, 2.75) is 13.5 Å². The largest absolute Gasteiger partial charge is 0.465 e. The van der Waals surface area contributed by atoms with Gasteiger partial charge in [0.25, 0.3) is 0 Å². The van der Waals surface area contributed by atoms with Gasteiger partial charge in [-0.25, -0.2) is 4.79 Å². The predicted octanol–water partition coefficient (Wildman–Crippen LogP) is 5.45. The SMILES string of the molecule is COC(=O)c1c(-c2ccc(C)cc2)n(Cc2ccccc2)c2ccccc12. The van der Waals surface area contributed by atoms with Gasteiger partial charge in [-0.1, -0.05) is 78.4 Å². The van der Waals surface area contributed by atoms with Crippen molar-refractivity contribution in [2.24, 2.45) is 0 Å². The average Bonchev–Trinajstić information content (AvgIpc) is 3.03. The summed E-state index contributed by atoms with van der Waals surface area (Å²) >= 11 is 0. The number of ether oxygens (including phenoxy) is 1. The maximum Gasteiger partial charge on any atom is 0.340 e. The summed E-state index contributed by atoms with van der Waals surface area (Å²) in [5.41, 5.74) is 5.91. The van der Waals surface area contributed by atoms with Crippen molar-refractivity contribution < 1.29 is 9.53 Å². The molecule has 1 aromatic heterocycles. The van der Waals surface area contributed by atoms with Gasteiger partial charge in [0.2, 0.25) is 0 Å². The number of aromatic nitrogens is 1. The van der Waals surface area contributed by atoms with E-state index in [0.29, 0.717) is 12.1 Å². The zero-order chi connectivity index (χ0) is 18.8. The molecule has 27 heavy (non-hydrogen) atoms. The Bertz CT molecular complexity index is 1090. The van der Waals surface area contributed by atoms with Gasteiger partial charge in [-0.15, -0.1) is 0 Å². The van der Waals surface area contributed by atoms with Gasteiger partial charge in [0.1, 0.15) is 0 Å². The molecule has 0 spiro atoms. The topological polar surface area (TPSA) is 31.2 Å². The van der Waals surface area contributed by atoms with Gasteiger partial charge in [0.05, 0.1) is 18.4 Å². The van der Waals surface area contributed by atoms with Crippen LogP contribution in [0.2, 0.25) is 0 Å². The van der Waals surface area contributed by atoms with Crippen LogP contribution in [0.5, 0.6) is 0 Å². The third kappa shape index (κ3) is 3.13. The zero-order valence-corrected chi connectivity index (χ0v) is 15.5. The molecule has 0 saturated heterocycles. The normalized spacial score (nSPS) is 10.9. The summed E-state index contributed by atoms with van der Waals surface area (Å²) in [6, 6.07) is 26.6. The highest BCUT2D eigenvalue weighted by atomic mass is 16.5. The van der Waals surface area contributed by atoms with Crippen LogP contribution in [-0.4, -0.2) is 17.6 Å². The second-order valence-corrected chi connectivity index (χ2v) is 6.67. The molecule has 4 aromatic rings. The van der Waals surface area contributed by atoms with Crippen LogP contribution in [-0.2, 0) is 11.3 Å². The first kappa shape index (κ1) is 17.1. The molecular formula is C24H21NO2. The Hall–Kier alpha value is -3.33. The average molecular weight is 355 g/mol. The van der Waals surface area contributed by atoms with Crippen LogP contribution < -0.4 is 0 Å². The number of para-hydroxylation sites is 1. The highest BCUT2D eigenvalue weighted by Crippen LogP contribution is 2.35. The van der Waals surface area contributed by atoms with Crippen LogP contribution in [0.15, 0.2) is 78.9 Å². The number of carbonyl (C=O) groups is 1. The van der Waals surface area contributed by atoms with Crippen molar-refractivity contribution in [2.75, 3.05) is 7.11 Å². The summed E-state index contributed by atoms with van der Waals surface area (Å²) in [7, 11) is 1.44. The molecule has 0 aliphatic heterocycles. The molecule has 0 radical (unpaired) electrons. The maximum atomic E-state index is 12.7. The first-order valence-electron chi connectivity index (χ1n) is 8.99. The van der Waals surface area contributed by atoms with Crippen molar-refractivity contribution in [3.05, 3.63) is 95.6 Å². The lowest BCUT2D eigenvalue weighted by molar-refractivity contribution is 0.0603. The molecule has 3 aromatic carbocycles. The van der Waals surface area contributed by atoms with E-state index in [1.807, 2.05) is 36.4 Å². The van der Waals surface area contributed by atoms with Crippen molar-refractivity contribution in [3.8, 4) is 11.3 Å². The van der Waals surface area contributed by atoms with E-state index in [0.717, 1.165) is 22.2 Å². The van der Waals surface area contributed by atoms with Crippen LogP contribution in [0.1, 0.15) is 21.5 Å². The first-order valence-corrected chi connectivity index (χ1v) is 8.99. The number of esters is 1. The van der Waals surface area contributed by atoms with E-state index < -0.39 is 0 Å². The second-order valence-electron chi connectivity index (χ2n) is 6.67. The number of benzene rings is 3. The third-order valence-corrected chi connectivity index (χ3v) is 4.87. The Morgan fingerprint density at radius 3 is 2.26 bits per heavy atom. The number of fused-ring (bicyclic) bond motifs is 1. The smallest absolute Gasteiger partial charge is 0.340 e. The lowest BCUT2D eigenvalue weighted by Crippen LogP contribution is -2.06. The van der Waals surface area contributed by atoms with Gasteiger partial charge in [-0.2, -0.15) is 0 Å². The lowest BCUT2D eigenvalue weighted by atomic mass is 10.0. The van der Waals surface area contributed by atoms with Crippen molar-refractivity contribution in [1.29, 1.82) is 0 Å². The molecule has 3 nitrogen and oxygen atoms in total. The Morgan fingerprint density at radius 1 is 0.889 bits per heavy atom. The summed E-state index contributed by atoms with van der Waals surface area (Å²) in [6.45, 7) is 2.74. The van der Waals surface area contributed by atoms with Crippen molar-refractivity contribution in [3.63, 3.8) is 0 Å². The molecule has 3 heteroatoms. The highest BCUT2D eigenvalue weighted by Gasteiger charge is 2.24. The van der Waals surface area contributed by atoms with Gasteiger partial charge < -0.3 is 9.30 Å². The molecule has 0 aliphatic rings. The summed E-state index contributed by atoms with van der Waals surface area (Å²) in [5.74, 6) is -0.311. The minimum absolute atomic E-state index is 0.311. The zero-order valence-electron chi connectivity index (χ0n) is 15.5. The number of carbonyl (C=O) groups excluding carboxylic acids is 1. The van der Waals surface area contributed by atoms with E-state index >= 15 is 0 Å². The molecule has 0 saturated carbocycles. The van der Waals surface area contributed by atoms with Gasteiger partial charge in [0.15, 0.2) is 0 Å². The molecule has 0 fully saturated rings. The molecular weight excluding hydrogens is 334 g/mol. The summed E-state index contributed by atoms with van der Waals surface area (Å²) in [5, 5.41) is 0.913. The molecule has 0 N–H and O–H groups in total. The Morgan fingerprint density at radius 2 is 1.56 bits per heavy atom. The third-order valence-electron chi connectivity index (χ3n) is 4.87. The molecule has 0 unspecified atom stereocenters. The number of aryl methyl sites for hydroxylation is 1. The van der Waals surface area contributed by atoms with Crippen LogP contribution in [0, 0.1) is 6.92 Å². The first-order chi connectivity index (χ1) is 13.2. The molecule has 0 amide bonds. The van der Waals surface area contributed by atoms with E-state index in [2.05, 4.69) is 54.0 Å². The minimum atomic E-state index is -0.311. The lowest BCUT2D eigenvalue weighted by Gasteiger charge is -2.13. The van der Waals surface area contributed by atoms with Gasteiger partial charge >= 0.3 is 5.97 Å². The summed E-state index contributed by atoms with van der Waals surface area (Å²) in [6.07, 6.45) is 0. The number of hydrogen-bond donors (Lipinski definition) is 0. The van der Waals surface area contributed by atoms with Gasteiger partial charge in [-0.3, -0.25) is 0 Å². The summed E-state index contributed by atoms with van der Waals surface area (Å²) < 4.78 is 7.35. The van der Waals surface area contributed by atoms with Crippen molar-refractivity contribution >= 4 is 16.9 Å². The van der Waals surface area contributed by atoms with E-state index in [1.165, 1.54) is 18.2 Å². The highest BCUT2D eigenvalue weighted by molar-refractivity contribution is 6.10. The fourth-order valence-corrected chi connectivity index (χ4v) is 3.55. The quantitative estimate of drug-likeness (QED) is 0.456. The molecule has 1 heterocycles. The monoisotopic (exact) mass is 355 g/mol. The van der Waals surface area contributed by atoms with Crippen LogP contribution >= 0.6 is 0 Å². The standard InChI is InChI=1S/C24H21NO2/c1-17-12-14-19(15-13-17)23-22(24(26)27-2)20-10-6-7-11-21(20)25(23)16-18-8-4-3-5-9-18/h3-15H,16H2,1-2H3. The predicted molar refractivity (Wildman–Crippen MR) is 109 cm³/mol.